The van der Waals surface area contributed by atoms with E-state index in [0.29, 0.717) is 35.5 Å². The van der Waals surface area contributed by atoms with E-state index < -0.39 is 11.8 Å². The lowest BCUT2D eigenvalue weighted by Gasteiger charge is -2.34. The molecule has 0 saturated carbocycles. The number of hydrogen-bond donors (Lipinski definition) is 2. The molecule has 1 aliphatic heterocycles. The van der Waals surface area contributed by atoms with Crippen LogP contribution in [0.3, 0.4) is 0 Å². The van der Waals surface area contributed by atoms with E-state index in [0.717, 1.165) is 18.0 Å². The van der Waals surface area contributed by atoms with Crippen molar-refractivity contribution in [3.63, 3.8) is 0 Å². The highest BCUT2D eigenvalue weighted by Crippen LogP contribution is 2.25. The zero-order valence-electron chi connectivity index (χ0n) is 14.4. The molecule has 1 aromatic heterocycles. The third-order valence-electron chi connectivity index (χ3n) is 4.14. The maximum Gasteiger partial charge on any atom is 0.313 e. The van der Waals surface area contributed by atoms with Crippen LogP contribution in [0.15, 0.2) is 35.7 Å². The van der Waals surface area contributed by atoms with Crippen molar-refractivity contribution in [2.24, 2.45) is 0 Å². The third kappa shape index (κ3) is 5.67. The summed E-state index contributed by atoms with van der Waals surface area (Å²) in [6.45, 7) is 3.22. The van der Waals surface area contributed by atoms with Crippen molar-refractivity contribution in [2.45, 2.75) is 6.04 Å². The van der Waals surface area contributed by atoms with Gasteiger partial charge < -0.3 is 15.4 Å². The SMILES string of the molecule is O=C(NC[C@H](c1cccs1)N1CCOCC1)C(=O)Nc1cc(Cl)cc(Cl)c1. The molecule has 1 aliphatic rings. The minimum absolute atomic E-state index is 0.00580. The van der Waals surface area contributed by atoms with Crippen molar-refractivity contribution in [1.82, 2.24) is 10.2 Å². The summed E-state index contributed by atoms with van der Waals surface area (Å²) >= 11 is 13.4. The van der Waals surface area contributed by atoms with E-state index in [1.807, 2.05) is 17.5 Å². The van der Waals surface area contributed by atoms with E-state index in [-0.39, 0.29) is 6.04 Å². The van der Waals surface area contributed by atoms with Gasteiger partial charge in [0.05, 0.1) is 19.3 Å². The van der Waals surface area contributed by atoms with Gasteiger partial charge >= 0.3 is 11.8 Å². The lowest BCUT2D eigenvalue weighted by Crippen LogP contribution is -2.45. The summed E-state index contributed by atoms with van der Waals surface area (Å²) in [5.41, 5.74) is 0.371. The second-order valence-electron chi connectivity index (χ2n) is 6.00. The maximum absolute atomic E-state index is 12.2. The fraction of sp³-hybridized carbons (Fsp3) is 0.333. The van der Waals surface area contributed by atoms with Gasteiger partial charge in [0.1, 0.15) is 0 Å². The van der Waals surface area contributed by atoms with Gasteiger partial charge in [0, 0.05) is 40.2 Å². The first kappa shape index (κ1) is 20.1. The molecule has 1 fully saturated rings. The molecule has 2 N–H and O–H groups in total. The number of hydrogen-bond acceptors (Lipinski definition) is 5. The number of morpholine rings is 1. The number of carbonyl (C=O) groups is 2. The van der Waals surface area contributed by atoms with Crippen molar-refractivity contribution >= 4 is 52.0 Å². The van der Waals surface area contributed by atoms with Crippen LogP contribution in [0.25, 0.3) is 0 Å². The zero-order chi connectivity index (χ0) is 19.2. The van der Waals surface area contributed by atoms with Gasteiger partial charge in [-0.05, 0) is 29.6 Å². The van der Waals surface area contributed by atoms with Gasteiger partial charge in [0.15, 0.2) is 0 Å². The molecule has 27 heavy (non-hydrogen) atoms. The largest absolute Gasteiger partial charge is 0.379 e. The quantitative estimate of drug-likeness (QED) is 0.718. The van der Waals surface area contributed by atoms with Crippen LogP contribution >= 0.6 is 34.5 Å². The molecular weight excluding hydrogens is 409 g/mol. The molecule has 2 heterocycles. The summed E-state index contributed by atoms with van der Waals surface area (Å²) < 4.78 is 5.41. The van der Waals surface area contributed by atoms with Gasteiger partial charge in [-0.25, -0.2) is 0 Å². The molecule has 6 nitrogen and oxygen atoms in total. The molecule has 144 valence electrons. The Morgan fingerprint density at radius 2 is 1.85 bits per heavy atom. The van der Waals surface area contributed by atoms with Crippen molar-refractivity contribution in [1.29, 1.82) is 0 Å². The molecule has 2 amide bonds. The molecule has 2 aromatic rings. The highest BCUT2D eigenvalue weighted by atomic mass is 35.5. The van der Waals surface area contributed by atoms with Crippen LogP contribution in [0, 0.1) is 0 Å². The Morgan fingerprint density at radius 3 is 2.48 bits per heavy atom. The Kier molecular flexibility index (Phi) is 7.09. The topological polar surface area (TPSA) is 70.7 Å². The van der Waals surface area contributed by atoms with E-state index in [1.165, 1.54) is 12.1 Å². The summed E-state index contributed by atoms with van der Waals surface area (Å²) in [5, 5.41) is 7.99. The van der Waals surface area contributed by atoms with Crippen LogP contribution in [-0.4, -0.2) is 49.6 Å². The Bertz CT molecular complexity index is 775. The molecule has 0 unspecified atom stereocenters. The first-order chi connectivity index (χ1) is 13.0. The molecule has 1 atom stereocenters. The average molecular weight is 428 g/mol. The summed E-state index contributed by atoms with van der Waals surface area (Å²) in [6, 6.07) is 8.62. The van der Waals surface area contributed by atoms with Crippen LogP contribution < -0.4 is 10.6 Å². The Labute approximate surface area is 171 Å². The van der Waals surface area contributed by atoms with Crippen LogP contribution in [0.5, 0.6) is 0 Å². The standard InChI is InChI=1S/C18H19Cl2N3O3S/c19-12-8-13(20)10-14(9-12)22-18(25)17(24)21-11-15(16-2-1-7-27-16)23-3-5-26-6-4-23/h1-2,7-10,15H,3-6,11H2,(H,21,24)(H,22,25)/t15-/m1/s1. The van der Waals surface area contributed by atoms with Crippen LogP contribution in [0.4, 0.5) is 5.69 Å². The minimum Gasteiger partial charge on any atom is -0.379 e. The summed E-state index contributed by atoms with van der Waals surface area (Å²) in [5.74, 6) is -1.47. The zero-order valence-corrected chi connectivity index (χ0v) is 16.7. The fourth-order valence-corrected chi connectivity index (χ4v) is 4.25. The molecule has 0 spiro atoms. The van der Waals surface area contributed by atoms with Gasteiger partial charge in [0.25, 0.3) is 0 Å². The maximum atomic E-state index is 12.2. The predicted molar refractivity (Wildman–Crippen MR) is 108 cm³/mol. The Balaban J connectivity index is 1.60. The van der Waals surface area contributed by atoms with E-state index in [9.17, 15) is 9.59 Å². The van der Waals surface area contributed by atoms with Crippen molar-refractivity contribution in [3.05, 3.63) is 50.6 Å². The molecule has 3 rings (SSSR count). The molecule has 0 radical (unpaired) electrons. The second-order valence-corrected chi connectivity index (χ2v) is 7.85. The lowest BCUT2D eigenvalue weighted by molar-refractivity contribution is -0.136. The van der Waals surface area contributed by atoms with Crippen LogP contribution in [0.1, 0.15) is 10.9 Å². The molecule has 0 bridgehead atoms. The van der Waals surface area contributed by atoms with E-state index in [2.05, 4.69) is 15.5 Å². The highest BCUT2D eigenvalue weighted by molar-refractivity contribution is 7.10. The van der Waals surface area contributed by atoms with Gasteiger partial charge in [-0.2, -0.15) is 0 Å². The van der Waals surface area contributed by atoms with E-state index >= 15 is 0 Å². The first-order valence-corrected chi connectivity index (χ1v) is 10.1. The number of anilines is 1. The van der Waals surface area contributed by atoms with Gasteiger partial charge in [-0.1, -0.05) is 29.3 Å². The van der Waals surface area contributed by atoms with Gasteiger partial charge in [-0.3, -0.25) is 14.5 Å². The third-order valence-corrected chi connectivity index (χ3v) is 5.55. The number of nitrogens with zero attached hydrogens (tertiary/aromatic N) is 1. The van der Waals surface area contributed by atoms with E-state index in [1.54, 1.807) is 17.4 Å². The smallest absolute Gasteiger partial charge is 0.313 e. The molecular formula is C18H19Cl2N3O3S. The first-order valence-electron chi connectivity index (χ1n) is 8.43. The lowest BCUT2D eigenvalue weighted by atomic mass is 10.2. The number of thiophene rings is 1. The number of carbonyl (C=O) groups excluding carboxylic acids is 2. The highest BCUT2D eigenvalue weighted by Gasteiger charge is 2.25. The Hall–Kier alpha value is -1.64. The second kappa shape index (κ2) is 9.52. The molecule has 9 heteroatoms. The molecule has 1 aromatic carbocycles. The fourth-order valence-electron chi connectivity index (χ4n) is 2.86. The number of benzene rings is 1. The average Bonchev–Trinajstić information content (AvgIpc) is 3.16. The number of nitrogens with one attached hydrogen (secondary N) is 2. The summed E-state index contributed by atoms with van der Waals surface area (Å²) in [6.07, 6.45) is 0. The summed E-state index contributed by atoms with van der Waals surface area (Å²) in [4.78, 5) is 27.8. The van der Waals surface area contributed by atoms with Crippen molar-refractivity contribution in [2.75, 3.05) is 38.2 Å². The van der Waals surface area contributed by atoms with Gasteiger partial charge in [0.2, 0.25) is 0 Å². The predicted octanol–water partition coefficient (Wildman–Crippen LogP) is 3.18. The molecule has 1 saturated heterocycles. The van der Waals surface area contributed by atoms with Crippen molar-refractivity contribution < 1.29 is 14.3 Å². The van der Waals surface area contributed by atoms with Gasteiger partial charge in [-0.15, -0.1) is 11.3 Å². The number of rotatable bonds is 5. The van der Waals surface area contributed by atoms with Crippen LogP contribution in [0.2, 0.25) is 10.0 Å². The summed E-state index contributed by atoms with van der Waals surface area (Å²) in [7, 11) is 0. The number of halogens is 2. The van der Waals surface area contributed by atoms with Crippen LogP contribution in [-0.2, 0) is 14.3 Å². The number of amides is 2. The normalized spacial score (nSPS) is 15.9. The monoisotopic (exact) mass is 427 g/mol. The Morgan fingerprint density at radius 1 is 1.15 bits per heavy atom. The van der Waals surface area contributed by atoms with E-state index in [4.69, 9.17) is 27.9 Å². The molecule has 0 aliphatic carbocycles. The number of ether oxygens (including phenoxy) is 1. The van der Waals surface area contributed by atoms with Crippen molar-refractivity contribution in [3.8, 4) is 0 Å². The minimum atomic E-state index is -0.764.